The van der Waals surface area contributed by atoms with Gasteiger partial charge in [0, 0.05) is 0 Å². The standard InChI is InChI=1S/C12H14ClN3/c1-8-4-9(2)12(10(3)5-8)16-7-11(6-13)14-15-16/h4-5,7H,6H2,1-3H3. The molecule has 1 aromatic carbocycles. The van der Waals surface area contributed by atoms with E-state index in [2.05, 4.69) is 43.2 Å². The van der Waals surface area contributed by atoms with Crippen molar-refractivity contribution >= 4 is 11.6 Å². The maximum atomic E-state index is 5.72. The number of aryl methyl sites for hydroxylation is 3. The summed E-state index contributed by atoms with van der Waals surface area (Å²) in [6, 6.07) is 4.29. The summed E-state index contributed by atoms with van der Waals surface area (Å²) in [7, 11) is 0. The first-order valence-electron chi connectivity index (χ1n) is 5.17. The van der Waals surface area contributed by atoms with Gasteiger partial charge in [-0.3, -0.25) is 0 Å². The monoisotopic (exact) mass is 235 g/mol. The Hall–Kier alpha value is -1.35. The molecule has 1 heterocycles. The van der Waals surface area contributed by atoms with Gasteiger partial charge in [-0.2, -0.15) is 0 Å². The molecule has 0 amide bonds. The average Bonchev–Trinajstić information content (AvgIpc) is 2.64. The first-order valence-corrected chi connectivity index (χ1v) is 5.70. The Balaban J connectivity index is 2.55. The maximum Gasteiger partial charge on any atom is 0.0979 e. The first-order chi connectivity index (χ1) is 7.61. The molecule has 0 N–H and O–H groups in total. The molecule has 0 spiro atoms. The average molecular weight is 236 g/mol. The Labute approximate surface area is 100 Å². The molecule has 0 unspecified atom stereocenters. The smallest absolute Gasteiger partial charge is 0.0979 e. The van der Waals surface area contributed by atoms with Crippen LogP contribution in [0.15, 0.2) is 18.3 Å². The predicted molar refractivity (Wildman–Crippen MR) is 65.1 cm³/mol. The highest BCUT2D eigenvalue weighted by Gasteiger charge is 2.08. The zero-order valence-electron chi connectivity index (χ0n) is 9.66. The minimum atomic E-state index is 0.393. The summed E-state index contributed by atoms with van der Waals surface area (Å²) >= 11 is 5.72. The Kier molecular flexibility index (Phi) is 2.97. The van der Waals surface area contributed by atoms with Crippen molar-refractivity contribution in [3.05, 3.63) is 40.7 Å². The maximum absolute atomic E-state index is 5.72. The topological polar surface area (TPSA) is 30.7 Å². The van der Waals surface area contributed by atoms with E-state index in [0.717, 1.165) is 11.4 Å². The normalized spacial score (nSPS) is 10.8. The van der Waals surface area contributed by atoms with E-state index in [0.29, 0.717) is 5.88 Å². The van der Waals surface area contributed by atoms with Gasteiger partial charge in [0.15, 0.2) is 0 Å². The second kappa shape index (κ2) is 4.26. The quantitative estimate of drug-likeness (QED) is 0.750. The Morgan fingerprint density at radius 1 is 1.19 bits per heavy atom. The van der Waals surface area contributed by atoms with Gasteiger partial charge in [-0.15, -0.1) is 16.7 Å². The molecular weight excluding hydrogens is 222 g/mol. The van der Waals surface area contributed by atoms with Crippen LogP contribution in [0.2, 0.25) is 0 Å². The second-order valence-corrected chi connectivity index (χ2v) is 4.30. The third kappa shape index (κ3) is 1.95. The predicted octanol–water partition coefficient (Wildman–Crippen LogP) is 2.93. The van der Waals surface area contributed by atoms with Gasteiger partial charge in [-0.25, -0.2) is 4.68 Å². The van der Waals surface area contributed by atoms with E-state index < -0.39 is 0 Å². The molecule has 16 heavy (non-hydrogen) atoms. The molecule has 1 aromatic heterocycles. The molecule has 0 saturated heterocycles. The summed E-state index contributed by atoms with van der Waals surface area (Å²) in [5.74, 6) is 0.393. The van der Waals surface area contributed by atoms with E-state index in [1.54, 1.807) is 4.68 Å². The van der Waals surface area contributed by atoms with Gasteiger partial charge < -0.3 is 0 Å². The molecule has 0 fully saturated rings. The van der Waals surface area contributed by atoms with Crippen LogP contribution in [-0.4, -0.2) is 15.0 Å². The summed E-state index contributed by atoms with van der Waals surface area (Å²) in [6.07, 6.45) is 1.87. The second-order valence-electron chi connectivity index (χ2n) is 4.04. The van der Waals surface area contributed by atoms with Crippen molar-refractivity contribution in [1.82, 2.24) is 15.0 Å². The fraction of sp³-hybridized carbons (Fsp3) is 0.333. The molecule has 0 radical (unpaired) electrons. The highest BCUT2D eigenvalue weighted by Crippen LogP contribution is 2.20. The molecule has 0 bridgehead atoms. The van der Waals surface area contributed by atoms with Crippen LogP contribution in [0.3, 0.4) is 0 Å². The highest BCUT2D eigenvalue weighted by atomic mass is 35.5. The van der Waals surface area contributed by atoms with E-state index in [9.17, 15) is 0 Å². The number of rotatable bonds is 2. The van der Waals surface area contributed by atoms with E-state index in [1.807, 2.05) is 6.20 Å². The van der Waals surface area contributed by atoms with Gasteiger partial charge in [0.2, 0.25) is 0 Å². The van der Waals surface area contributed by atoms with Crippen LogP contribution >= 0.6 is 11.6 Å². The molecule has 2 rings (SSSR count). The summed E-state index contributed by atoms with van der Waals surface area (Å²) in [5, 5.41) is 8.09. The lowest BCUT2D eigenvalue weighted by Gasteiger charge is -2.10. The number of aromatic nitrogens is 3. The van der Waals surface area contributed by atoms with Crippen LogP contribution in [0, 0.1) is 20.8 Å². The highest BCUT2D eigenvalue weighted by molar-refractivity contribution is 6.16. The first kappa shape index (κ1) is 11.1. The van der Waals surface area contributed by atoms with Crippen LogP contribution in [0.25, 0.3) is 5.69 Å². The molecule has 0 aliphatic rings. The van der Waals surface area contributed by atoms with Gasteiger partial charge in [-0.1, -0.05) is 22.9 Å². The molecule has 0 saturated carbocycles. The van der Waals surface area contributed by atoms with Crippen molar-refractivity contribution in [3.8, 4) is 5.69 Å². The van der Waals surface area contributed by atoms with Crippen molar-refractivity contribution in [3.63, 3.8) is 0 Å². The van der Waals surface area contributed by atoms with E-state index in [4.69, 9.17) is 11.6 Å². The zero-order valence-corrected chi connectivity index (χ0v) is 10.4. The van der Waals surface area contributed by atoms with Crippen LogP contribution in [0.1, 0.15) is 22.4 Å². The Bertz CT molecular complexity index is 494. The Morgan fingerprint density at radius 3 is 2.31 bits per heavy atom. The van der Waals surface area contributed by atoms with Crippen molar-refractivity contribution < 1.29 is 0 Å². The van der Waals surface area contributed by atoms with E-state index >= 15 is 0 Å². The molecule has 4 heteroatoms. The van der Waals surface area contributed by atoms with Gasteiger partial charge >= 0.3 is 0 Å². The number of halogens is 1. The number of hydrogen-bond donors (Lipinski definition) is 0. The molecule has 0 atom stereocenters. The van der Waals surface area contributed by atoms with Gasteiger partial charge in [0.25, 0.3) is 0 Å². The SMILES string of the molecule is Cc1cc(C)c(-n2cc(CCl)nn2)c(C)c1. The minimum Gasteiger partial charge on any atom is -0.220 e. The van der Waals surface area contributed by atoms with Crippen LogP contribution in [-0.2, 0) is 5.88 Å². The number of hydrogen-bond acceptors (Lipinski definition) is 2. The van der Waals surface area contributed by atoms with Crippen molar-refractivity contribution in [2.24, 2.45) is 0 Å². The molecule has 2 aromatic rings. The van der Waals surface area contributed by atoms with Crippen molar-refractivity contribution in [2.75, 3.05) is 0 Å². The molecular formula is C12H14ClN3. The lowest BCUT2D eigenvalue weighted by molar-refractivity contribution is 0.790. The molecule has 0 aliphatic carbocycles. The number of benzene rings is 1. The fourth-order valence-corrected chi connectivity index (χ4v) is 2.13. The number of nitrogens with zero attached hydrogens (tertiary/aromatic N) is 3. The molecule has 84 valence electrons. The van der Waals surface area contributed by atoms with Crippen molar-refractivity contribution in [1.29, 1.82) is 0 Å². The minimum absolute atomic E-state index is 0.393. The third-order valence-electron chi connectivity index (χ3n) is 2.54. The lowest BCUT2D eigenvalue weighted by Crippen LogP contribution is -2.01. The van der Waals surface area contributed by atoms with E-state index in [-0.39, 0.29) is 0 Å². The van der Waals surface area contributed by atoms with Crippen LogP contribution in [0.5, 0.6) is 0 Å². The molecule has 0 aliphatic heterocycles. The fourth-order valence-electron chi connectivity index (χ4n) is 2.00. The molecule has 3 nitrogen and oxygen atoms in total. The van der Waals surface area contributed by atoms with Gasteiger partial charge in [-0.05, 0) is 31.9 Å². The Morgan fingerprint density at radius 2 is 1.81 bits per heavy atom. The van der Waals surface area contributed by atoms with Crippen LogP contribution < -0.4 is 0 Å². The van der Waals surface area contributed by atoms with Crippen LogP contribution in [0.4, 0.5) is 0 Å². The van der Waals surface area contributed by atoms with Gasteiger partial charge in [0.05, 0.1) is 23.5 Å². The largest absolute Gasteiger partial charge is 0.220 e. The number of alkyl halides is 1. The summed E-state index contributed by atoms with van der Waals surface area (Å²) < 4.78 is 1.79. The van der Waals surface area contributed by atoms with E-state index in [1.165, 1.54) is 16.7 Å². The van der Waals surface area contributed by atoms with Crippen molar-refractivity contribution in [2.45, 2.75) is 26.7 Å². The summed E-state index contributed by atoms with van der Waals surface area (Å²) in [4.78, 5) is 0. The summed E-state index contributed by atoms with van der Waals surface area (Å²) in [6.45, 7) is 6.25. The summed E-state index contributed by atoms with van der Waals surface area (Å²) in [5.41, 5.74) is 5.54. The lowest BCUT2D eigenvalue weighted by atomic mass is 10.1. The third-order valence-corrected chi connectivity index (χ3v) is 2.82. The van der Waals surface area contributed by atoms with Gasteiger partial charge in [0.1, 0.15) is 0 Å². The zero-order chi connectivity index (χ0) is 11.7.